The van der Waals surface area contributed by atoms with Crippen LogP contribution in [-0.4, -0.2) is 43.6 Å². The van der Waals surface area contributed by atoms with Gasteiger partial charge in [0.1, 0.15) is 5.75 Å². The summed E-state index contributed by atoms with van der Waals surface area (Å²) in [5.41, 5.74) is 2.76. The van der Waals surface area contributed by atoms with Gasteiger partial charge < -0.3 is 15.0 Å². The molecule has 0 unspecified atom stereocenters. The molecule has 23 heavy (non-hydrogen) atoms. The zero-order valence-corrected chi connectivity index (χ0v) is 13.4. The molecule has 1 aliphatic rings. The van der Waals surface area contributed by atoms with Crippen LogP contribution in [0.4, 0.5) is 0 Å². The molecule has 2 aromatic carbocycles. The maximum absolute atomic E-state index is 12.7. The zero-order chi connectivity index (χ0) is 16.1. The van der Waals surface area contributed by atoms with Crippen molar-refractivity contribution in [3.05, 3.63) is 54.1 Å². The van der Waals surface area contributed by atoms with Gasteiger partial charge in [-0.2, -0.15) is 0 Å². The van der Waals surface area contributed by atoms with Crippen LogP contribution in [0.3, 0.4) is 0 Å². The first kappa shape index (κ1) is 15.6. The number of nitrogens with one attached hydrogen (secondary N) is 1. The molecule has 120 valence electrons. The number of hydrogen-bond acceptors (Lipinski definition) is 3. The highest BCUT2D eigenvalue weighted by Gasteiger charge is 2.18. The maximum atomic E-state index is 12.7. The van der Waals surface area contributed by atoms with E-state index in [0.717, 1.165) is 48.6 Å². The van der Waals surface area contributed by atoms with E-state index in [1.165, 1.54) is 0 Å². The predicted molar refractivity (Wildman–Crippen MR) is 91.8 cm³/mol. The Kier molecular flexibility index (Phi) is 4.93. The Morgan fingerprint density at radius 1 is 1.13 bits per heavy atom. The molecular formula is C19H22N2O2. The summed E-state index contributed by atoms with van der Waals surface area (Å²) < 4.78 is 5.70. The summed E-state index contributed by atoms with van der Waals surface area (Å²) in [6.07, 6.45) is 0. The van der Waals surface area contributed by atoms with Gasteiger partial charge >= 0.3 is 0 Å². The molecule has 1 fully saturated rings. The van der Waals surface area contributed by atoms with E-state index in [4.69, 9.17) is 4.74 Å². The molecular weight excluding hydrogens is 288 g/mol. The summed E-state index contributed by atoms with van der Waals surface area (Å²) in [6, 6.07) is 15.7. The molecule has 0 radical (unpaired) electrons. The number of carbonyl (C=O) groups is 1. The molecule has 3 rings (SSSR count). The standard InChI is InChI=1S/C19H22N2O2/c1-2-23-18-9-4-3-8-17(18)15-6-5-7-16(14-15)19(22)21-12-10-20-11-13-21/h3-9,14,20H,2,10-13H2,1H3. The number of hydrogen-bond donors (Lipinski definition) is 1. The lowest BCUT2D eigenvalue weighted by Crippen LogP contribution is -2.46. The fourth-order valence-corrected chi connectivity index (χ4v) is 2.86. The number of para-hydroxylation sites is 1. The lowest BCUT2D eigenvalue weighted by Gasteiger charge is -2.27. The molecule has 0 aliphatic carbocycles. The highest BCUT2D eigenvalue weighted by atomic mass is 16.5. The summed E-state index contributed by atoms with van der Waals surface area (Å²) in [4.78, 5) is 14.6. The third-order valence-electron chi connectivity index (χ3n) is 4.01. The van der Waals surface area contributed by atoms with Crippen LogP contribution < -0.4 is 10.1 Å². The fourth-order valence-electron chi connectivity index (χ4n) is 2.86. The Morgan fingerprint density at radius 2 is 1.91 bits per heavy atom. The second-order valence-electron chi connectivity index (χ2n) is 5.55. The number of piperazine rings is 1. The van der Waals surface area contributed by atoms with E-state index in [-0.39, 0.29) is 5.91 Å². The van der Waals surface area contributed by atoms with Crippen molar-refractivity contribution in [2.45, 2.75) is 6.92 Å². The third-order valence-corrected chi connectivity index (χ3v) is 4.01. The summed E-state index contributed by atoms with van der Waals surface area (Å²) in [6.45, 7) is 5.84. The second-order valence-corrected chi connectivity index (χ2v) is 5.55. The van der Waals surface area contributed by atoms with Gasteiger partial charge in [0.05, 0.1) is 6.61 Å². The van der Waals surface area contributed by atoms with Gasteiger partial charge in [0.25, 0.3) is 5.91 Å². The number of rotatable bonds is 4. The highest BCUT2D eigenvalue weighted by molar-refractivity contribution is 5.95. The van der Waals surface area contributed by atoms with Crippen molar-refractivity contribution in [2.24, 2.45) is 0 Å². The van der Waals surface area contributed by atoms with Crippen LogP contribution in [0.5, 0.6) is 5.75 Å². The molecule has 4 nitrogen and oxygen atoms in total. The first-order chi connectivity index (χ1) is 11.3. The van der Waals surface area contributed by atoms with Crippen LogP contribution in [-0.2, 0) is 0 Å². The molecule has 1 aliphatic heterocycles. The summed E-state index contributed by atoms with van der Waals surface area (Å²) in [5, 5.41) is 3.27. The van der Waals surface area contributed by atoms with Crippen LogP contribution >= 0.6 is 0 Å². The van der Waals surface area contributed by atoms with Gasteiger partial charge in [0, 0.05) is 37.3 Å². The van der Waals surface area contributed by atoms with E-state index < -0.39 is 0 Å². The maximum Gasteiger partial charge on any atom is 0.253 e. The average Bonchev–Trinajstić information content (AvgIpc) is 2.63. The Balaban J connectivity index is 1.89. The number of carbonyl (C=O) groups excluding carboxylic acids is 1. The van der Waals surface area contributed by atoms with Crippen molar-refractivity contribution in [3.63, 3.8) is 0 Å². The van der Waals surface area contributed by atoms with E-state index in [2.05, 4.69) is 5.32 Å². The van der Waals surface area contributed by atoms with E-state index in [0.29, 0.717) is 6.61 Å². The van der Waals surface area contributed by atoms with Gasteiger partial charge in [-0.3, -0.25) is 4.79 Å². The van der Waals surface area contributed by atoms with E-state index in [9.17, 15) is 4.79 Å². The van der Waals surface area contributed by atoms with Crippen LogP contribution in [0, 0.1) is 0 Å². The minimum Gasteiger partial charge on any atom is -0.493 e. The summed E-state index contributed by atoms with van der Waals surface area (Å²) >= 11 is 0. The quantitative estimate of drug-likeness (QED) is 0.944. The lowest BCUT2D eigenvalue weighted by atomic mass is 10.0. The molecule has 0 saturated carbocycles. The van der Waals surface area contributed by atoms with Gasteiger partial charge in [0.2, 0.25) is 0 Å². The van der Waals surface area contributed by atoms with Gasteiger partial charge in [-0.25, -0.2) is 0 Å². The molecule has 4 heteroatoms. The topological polar surface area (TPSA) is 41.6 Å². The van der Waals surface area contributed by atoms with Gasteiger partial charge in [0.15, 0.2) is 0 Å². The lowest BCUT2D eigenvalue weighted by molar-refractivity contribution is 0.0736. The first-order valence-electron chi connectivity index (χ1n) is 8.12. The minimum atomic E-state index is 0.0993. The number of amides is 1. The summed E-state index contributed by atoms with van der Waals surface area (Å²) in [5.74, 6) is 0.948. The molecule has 1 amide bonds. The van der Waals surface area contributed by atoms with Crippen molar-refractivity contribution < 1.29 is 9.53 Å². The molecule has 0 aromatic heterocycles. The normalized spacial score (nSPS) is 14.6. The number of benzene rings is 2. The molecule has 1 saturated heterocycles. The Morgan fingerprint density at radius 3 is 2.70 bits per heavy atom. The highest BCUT2D eigenvalue weighted by Crippen LogP contribution is 2.30. The van der Waals surface area contributed by atoms with Crippen molar-refractivity contribution >= 4 is 5.91 Å². The largest absolute Gasteiger partial charge is 0.493 e. The van der Waals surface area contributed by atoms with Gasteiger partial charge in [-0.05, 0) is 30.7 Å². The molecule has 1 N–H and O–H groups in total. The van der Waals surface area contributed by atoms with Crippen LogP contribution in [0.1, 0.15) is 17.3 Å². The molecule has 2 aromatic rings. The fraction of sp³-hybridized carbons (Fsp3) is 0.316. The van der Waals surface area contributed by atoms with Crippen molar-refractivity contribution in [3.8, 4) is 16.9 Å². The van der Waals surface area contributed by atoms with E-state index in [1.807, 2.05) is 60.4 Å². The molecule has 0 bridgehead atoms. The van der Waals surface area contributed by atoms with Gasteiger partial charge in [-0.1, -0.05) is 30.3 Å². The minimum absolute atomic E-state index is 0.0993. The molecule has 1 heterocycles. The molecule has 0 spiro atoms. The number of ether oxygens (including phenoxy) is 1. The van der Waals surface area contributed by atoms with E-state index in [1.54, 1.807) is 0 Å². The Bertz CT molecular complexity index is 679. The molecule has 0 atom stereocenters. The predicted octanol–water partition coefficient (Wildman–Crippen LogP) is 2.80. The van der Waals surface area contributed by atoms with Crippen molar-refractivity contribution in [1.29, 1.82) is 0 Å². The van der Waals surface area contributed by atoms with E-state index >= 15 is 0 Å². The third kappa shape index (κ3) is 3.54. The summed E-state index contributed by atoms with van der Waals surface area (Å²) in [7, 11) is 0. The monoisotopic (exact) mass is 310 g/mol. The smallest absolute Gasteiger partial charge is 0.253 e. The first-order valence-corrected chi connectivity index (χ1v) is 8.12. The zero-order valence-electron chi connectivity index (χ0n) is 13.4. The van der Waals surface area contributed by atoms with Crippen LogP contribution in [0.15, 0.2) is 48.5 Å². The second kappa shape index (κ2) is 7.29. The van der Waals surface area contributed by atoms with Crippen LogP contribution in [0.25, 0.3) is 11.1 Å². The van der Waals surface area contributed by atoms with Crippen molar-refractivity contribution in [1.82, 2.24) is 10.2 Å². The van der Waals surface area contributed by atoms with Crippen LogP contribution in [0.2, 0.25) is 0 Å². The Hall–Kier alpha value is -2.33. The number of nitrogens with zero attached hydrogens (tertiary/aromatic N) is 1. The average molecular weight is 310 g/mol. The van der Waals surface area contributed by atoms with Gasteiger partial charge in [-0.15, -0.1) is 0 Å². The van der Waals surface area contributed by atoms with Crippen molar-refractivity contribution in [2.75, 3.05) is 32.8 Å². The SMILES string of the molecule is CCOc1ccccc1-c1cccc(C(=O)N2CCNCC2)c1. The Labute approximate surface area is 137 Å².